The van der Waals surface area contributed by atoms with Crippen LogP contribution in [0.1, 0.15) is 12.5 Å². The standard InChI is InChI=1S/C26H26N6O3/c1-18(33)27-20-6-8-21(9-7-20)28-26(34)16-19-17-32(23-5-3-2-4-22(19)23)25-11-10-24(29-30-25)31-12-14-35-15-13-31/h2-11,17H,12-16H2,1H3,(H,27,33)(H,28,34). The first-order valence-corrected chi connectivity index (χ1v) is 11.5. The highest BCUT2D eigenvalue weighted by Crippen LogP contribution is 2.25. The Labute approximate surface area is 202 Å². The molecule has 1 saturated heterocycles. The lowest BCUT2D eigenvalue weighted by Crippen LogP contribution is -2.36. The van der Waals surface area contributed by atoms with Crippen molar-refractivity contribution < 1.29 is 14.3 Å². The number of para-hydroxylation sites is 1. The van der Waals surface area contributed by atoms with Gasteiger partial charge >= 0.3 is 0 Å². The van der Waals surface area contributed by atoms with Crippen LogP contribution in [0.2, 0.25) is 0 Å². The Balaban J connectivity index is 1.34. The van der Waals surface area contributed by atoms with Crippen LogP contribution >= 0.6 is 0 Å². The van der Waals surface area contributed by atoms with E-state index in [0.717, 1.165) is 35.4 Å². The van der Waals surface area contributed by atoms with Crippen molar-refractivity contribution in [1.82, 2.24) is 14.8 Å². The molecular formula is C26H26N6O3. The van der Waals surface area contributed by atoms with Gasteiger partial charge in [0, 0.05) is 43.0 Å². The zero-order valence-electron chi connectivity index (χ0n) is 19.4. The molecule has 178 valence electrons. The van der Waals surface area contributed by atoms with E-state index in [0.29, 0.717) is 30.4 Å². The highest BCUT2D eigenvalue weighted by atomic mass is 16.5. The van der Waals surface area contributed by atoms with Crippen molar-refractivity contribution in [3.05, 3.63) is 72.4 Å². The summed E-state index contributed by atoms with van der Waals surface area (Å²) in [5.41, 5.74) is 3.20. The Kier molecular flexibility index (Phi) is 6.40. The molecule has 0 bridgehead atoms. The third-order valence-electron chi connectivity index (χ3n) is 5.85. The minimum atomic E-state index is -0.140. The number of benzene rings is 2. The van der Waals surface area contributed by atoms with Crippen LogP contribution in [0.15, 0.2) is 66.9 Å². The first-order chi connectivity index (χ1) is 17.1. The average molecular weight is 471 g/mol. The third-order valence-corrected chi connectivity index (χ3v) is 5.85. The quantitative estimate of drug-likeness (QED) is 0.448. The van der Waals surface area contributed by atoms with Gasteiger partial charge in [0.05, 0.1) is 25.2 Å². The van der Waals surface area contributed by atoms with Crippen molar-refractivity contribution in [3.8, 4) is 5.82 Å². The molecule has 1 aliphatic heterocycles. The Morgan fingerprint density at radius 3 is 2.23 bits per heavy atom. The number of aromatic nitrogens is 3. The summed E-state index contributed by atoms with van der Waals surface area (Å²) in [4.78, 5) is 26.2. The molecular weight excluding hydrogens is 444 g/mol. The van der Waals surface area contributed by atoms with Gasteiger partial charge in [-0.15, -0.1) is 10.2 Å². The van der Waals surface area contributed by atoms with Gasteiger partial charge in [-0.1, -0.05) is 18.2 Å². The fourth-order valence-corrected chi connectivity index (χ4v) is 4.21. The van der Waals surface area contributed by atoms with Gasteiger partial charge in [-0.25, -0.2) is 0 Å². The summed E-state index contributed by atoms with van der Waals surface area (Å²) in [5, 5.41) is 15.5. The van der Waals surface area contributed by atoms with Crippen LogP contribution in [-0.2, 0) is 20.7 Å². The molecule has 0 spiro atoms. The van der Waals surface area contributed by atoms with Crippen LogP contribution in [0.25, 0.3) is 16.7 Å². The average Bonchev–Trinajstić information content (AvgIpc) is 3.24. The molecule has 35 heavy (non-hydrogen) atoms. The summed E-state index contributed by atoms with van der Waals surface area (Å²) in [6, 6.07) is 18.9. The lowest BCUT2D eigenvalue weighted by Gasteiger charge is -2.27. The zero-order valence-corrected chi connectivity index (χ0v) is 19.4. The first-order valence-electron chi connectivity index (χ1n) is 11.5. The Hall–Kier alpha value is -4.24. The molecule has 0 atom stereocenters. The molecule has 0 saturated carbocycles. The van der Waals surface area contributed by atoms with Crippen LogP contribution in [0.3, 0.4) is 0 Å². The largest absolute Gasteiger partial charge is 0.378 e. The van der Waals surface area contributed by atoms with E-state index in [-0.39, 0.29) is 18.2 Å². The SMILES string of the molecule is CC(=O)Nc1ccc(NC(=O)Cc2cn(-c3ccc(N4CCOCC4)nn3)c3ccccc23)cc1. The number of carbonyl (C=O) groups excluding carboxylic acids is 2. The van der Waals surface area contributed by atoms with Crippen molar-refractivity contribution in [2.75, 3.05) is 41.8 Å². The maximum Gasteiger partial charge on any atom is 0.228 e. The maximum atomic E-state index is 12.8. The van der Waals surface area contributed by atoms with E-state index >= 15 is 0 Å². The smallest absolute Gasteiger partial charge is 0.228 e. The monoisotopic (exact) mass is 470 g/mol. The number of nitrogens with zero attached hydrogens (tertiary/aromatic N) is 4. The molecule has 1 fully saturated rings. The van der Waals surface area contributed by atoms with Gasteiger partial charge in [0.25, 0.3) is 0 Å². The Morgan fingerprint density at radius 1 is 0.886 bits per heavy atom. The number of hydrogen-bond donors (Lipinski definition) is 2. The van der Waals surface area contributed by atoms with E-state index in [9.17, 15) is 9.59 Å². The molecule has 2 aromatic heterocycles. The summed E-state index contributed by atoms with van der Waals surface area (Å²) >= 11 is 0. The highest BCUT2D eigenvalue weighted by molar-refractivity contribution is 5.96. The number of carbonyl (C=O) groups is 2. The van der Waals surface area contributed by atoms with Crippen molar-refractivity contribution in [3.63, 3.8) is 0 Å². The van der Waals surface area contributed by atoms with Crippen LogP contribution in [0.5, 0.6) is 0 Å². The predicted octanol–water partition coefficient (Wildman–Crippen LogP) is 3.40. The summed E-state index contributed by atoms with van der Waals surface area (Å²) in [6.45, 7) is 4.44. The number of nitrogens with one attached hydrogen (secondary N) is 2. The van der Waals surface area contributed by atoms with Crippen LogP contribution in [0, 0.1) is 0 Å². The molecule has 9 nitrogen and oxygen atoms in total. The van der Waals surface area contributed by atoms with Crippen molar-refractivity contribution in [2.24, 2.45) is 0 Å². The van der Waals surface area contributed by atoms with Crippen LogP contribution in [0.4, 0.5) is 17.2 Å². The summed E-state index contributed by atoms with van der Waals surface area (Å²) in [5.74, 6) is 1.25. The van der Waals surface area contributed by atoms with Gasteiger partial charge in [-0.3, -0.25) is 14.2 Å². The Morgan fingerprint density at radius 2 is 1.54 bits per heavy atom. The normalized spacial score (nSPS) is 13.6. The molecule has 2 amide bonds. The Bertz CT molecular complexity index is 1340. The molecule has 0 aliphatic carbocycles. The van der Waals surface area contributed by atoms with Gasteiger partial charge in [-0.05, 0) is 48.0 Å². The molecule has 5 rings (SSSR count). The van der Waals surface area contributed by atoms with Gasteiger partial charge in [0.2, 0.25) is 11.8 Å². The molecule has 0 radical (unpaired) electrons. The third kappa shape index (κ3) is 5.15. The van der Waals surface area contributed by atoms with Crippen molar-refractivity contribution >= 4 is 39.9 Å². The van der Waals surface area contributed by atoms with E-state index in [2.05, 4.69) is 25.7 Å². The second-order valence-electron chi connectivity index (χ2n) is 8.37. The van der Waals surface area contributed by atoms with Gasteiger partial charge < -0.3 is 20.3 Å². The van der Waals surface area contributed by atoms with Gasteiger partial charge in [0.1, 0.15) is 0 Å². The topological polar surface area (TPSA) is 101 Å². The number of anilines is 3. The zero-order chi connectivity index (χ0) is 24.2. The molecule has 2 N–H and O–H groups in total. The van der Waals surface area contributed by atoms with E-state index in [4.69, 9.17) is 4.74 Å². The fourth-order valence-electron chi connectivity index (χ4n) is 4.21. The highest BCUT2D eigenvalue weighted by Gasteiger charge is 2.16. The minimum absolute atomic E-state index is 0.131. The number of fused-ring (bicyclic) bond motifs is 1. The van der Waals surface area contributed by atoms with E-state index in [1.54, 1.807) is 24.3 Å². The lowest BCUT2D eigenvalue weighted by atomic mass is 10.1. The first kappa shape index (κ1) is 22.5. The van der Waals surface area contributed by atoms with E-state index in [1.807, 2.05) is 47.2 Å². The maximum absolute atomic E-state index is 12.8. The molecule has 3 heterocycles. The van der Waals surface area contributed by atoms with Gasteiger partial charge in [-0.2, -0.15) is 0 Å². The summed E-state index contributed by atoms with van der Waals surface area (Å²) in [7, 11) is 0. The number of amides is 2. The lowest BCUT2D eigenvalue weighted by molar-refractivity contribution is -0.116. The molecule has 1 aliphatic rings. The summed E-state index contributed by atoms with van der Waals surface area (Å²) in [6.07, 6.45) is 2.16. The van der Waals surface area contributed by atoms with Gasteiger partial charge in [0.15, 0.2) is 11.6 Å². The van der Waals surface area contributed by atoms with Crippen molar-refractivity contribution in [1.29, 1.82) is 0 Å². The number of ether oxygens (including phenoxy) is 1. The molecule has 0 unspecified atom stereocenters. The second-order valence-corrected chi connectivity index (χ2v) is 8.37. The predicted molar refractivity (Wildman–Crippen MR) is 135 cm³/mol. The summed E-state index contributed by atoms with van der Waals surface area (Å²) < 4.78 is 7.38. The molecule has 9 heteroatoms. The van der Waals surface area contributed by atoms with Crippen LogP contribution < -0.4 is 15.5 Å². The number of hydrogen-bond acceptors (Lipinski definition) is 6. The van der Waals surface area contributed by atoms with E-state index in [1.165, 1.54) is 6.92 Å². The minimum Gasteiger partial charge on any atom is -0.378 e. The van der Waals surface area contributed by atoms with Crippen LogP contribution in [-0.4, -0.2) is 52.9 Å². The number of morpholine rings is 1. The second kappa shape index (κ2) is 9.94. The van der Waals surface area contributed by atoms with Crippen molar-refractivity contribution in [2.45, 2.75) is 13.3 Å². The van der Waals surface area contributed by atoms with E-state index < -0.39 is 0 Å². The fraction of sp³-hybridized carbons (Fsp3) is 0.231. The molecule has 2 aromatic carbocycles. The molecule has 4 aromatic rings. The number of rotatable bonds is 6.